The Morgan fingerprint density at radius 3 is 2.47 bits per heavy atom. The maximum atomic E-state index is 13.4. The van der Waals surface area contributed by atoms with Crippen LogP contribution in [0.3, 0.4) is 0 Å². The number of aliphatic imine (C=N–C) groups is 1. The first-order valence-electron chi connectivity index (χ1n) is 17.2. The van der Waals surface area contributed by atoms with Gasteiger partial charge in [0, 0.05) is 31.8 Å². The van der Waals surface area contributed by atoms with Crippen LogP contribution in [0.25, 0.3) is 0 Å². The van der Waals surface area contributed by atoms with E-state index in [1.165, 1.54) is 0 Å². The minimum Gasteiger partial charge on any atom is -0.484 e. The van der Waals surface area contributed by atoms with E-state index in [0.29, 0.717) is 54.7 Å². The Morgan fingerprint density at radius 2 is 1.76 bits per heavy atom. The minimum atomic E-state index is -0.378. The number of carbonyl (C=O) groups is 1. The Kier molecular flexibility index (Phi) is 11.3. The van der Waals surface area contributed by atoms with Gasteiger partial charge in [-0.3, -0.25) is 20.7 Å². The molecule has 49 heavy (non-hydrogen) atoms. The molecule has 0 saturated carbocycles. The van der Waals surface area contributed by atoms with Gasteiger partial charge in [0.05, 0.1) is 17.9 Å². The number of pyridine rings is 1. The second-order valence-corrected chi connectivity index (χ2v) is 14.2. The molecule has 3 unspecified atom stereocenters. The summed E-state index contributed by atoms with van der Waals surface area (Å²) in [5.74, 6) is 1.55. The highest BCUT2D eigenvalue weighted by Crippen LogP contribution is 2.38. The van der Waals surface area contributed by atoms with E-state index < -0.39 is 0 Å². The van der Waals surface area contributed by atoms with Gasteiger partial charge in [0.15, 0.2) is 0 Å². The van der Waals surface area contributed by atoms with Gasteiger partial charge in [0.2, 0.25) is 5.96 Å². The van der Waals surface area contributed by atoms with Gasteiger partial charge in [-0.25, -0.2) is 9.79 Å². The van der Waals surface area contributed by atoms with Gasteiger partial charge in [0.25, 0.3) is 0 Å². The zero-order valence-electron chi connectivity index (χ0n) is 29.1. The minimum absolute atomic E-state index is 0.141. The molecule has 3 aromatic rings. The molecule has 2 heterocycles. The number of urea groups is 1. The molecule has 260 valence electrons. The first-order valence-corrected chi connectivity index (χ1v) is 17.2. The summed E-state index contributed by atoms with van der Waals surface area (Å²) in [6, 6.07) is 18.5. The fourth-order valence-electron chi connectivity index (χ4n) is 6.39. The van der Waals surface area contributed by atoms with Crippen molar-refractivity contribution in [1.82, 2.24) is 20.1 Å². The number of nitrogens with one attached hydrogen (secondary N) is 5. The van der Waals surface area contributed by atoms with Crippen LogP contribution in [0.15, 0.2) is 71.9 Å². The van der Waals surface area contributed by atoms with Gasteiger partial charge in [-0.15, -0.1) is 0 Å². The number of amides is 2. The Hall–Kier alpha value is -4.77. The highest BCUT2D eigenvalue weighted by molar-refractivity contribution is 6.09. The van der Waals surface area contributed by atoms with Crippen molar-refractivity contribution in [3.63, 3.8) is 0 Å². The predicted octanol–water partition coefficient (Wildman–Crippen LogP) is 6.59. The van der Waals surface area contributed by atoms with Gasteiger partial charge in [-0.2, -0.15) is 0 Å². The summed E-state index contributed by atoms with van der Waals surface area (Å²) in [4.78, 5) is 20.1. The van der Waals surface area contributed by atoms with Gasteiger partial charge in [-0.1, -0.05) is 62.7 Å². The SMILES string of the molecule is Cc1ccc(N=C(CC(=N)C(C)(C)C)NC(=O)NC2CCC(Oc3ccc(=N)n(C(=N)N4CCCC(CCO)C4)c3)c3ccccc32)cc1. The van der Waals surface area contributed by atoms with Crippen LogP contribution >= 0.6 is 0 Å². The third-order valence-corrected chi connectivity index (χ3v) is 9.33. The van der Waals surface area contributed by atoms with E-state index in [1.54, 1.807) is 22.9 Å². The molecule has 6 N–H and O–H groups in total. The highest BCUT2D eigenvalue weighted by Gasteiger charge is 2.30. The normalized spacial score (nSPS) is 19.5. The second kappa shape index (κ2) is 15.6. The fourth-order valence-corrected chi connectivity index (χ4v) is 6.39. The molecule has 3 atom stereocenters. The molecule has 0 bridgehead atoms. The lowest BCUT2D eigenvalue weighted by molar-refractivity contribution is 0.170. The molecule has 0 spiro atoms. The van der Waals surface area contributed by atoms with Crippen molar-refractivity contribution in [2.45, 2.75) is 78.4 Å². The van der Waals surface area contributed by atoms with Crippen molar-refractivity contribution >= 4 is 29.2 Å². The number of aromatic nitrogens is 1. The average molecular weight is 667 g/mol. The molecular formula is C38H50N8O3. The Morgan fingerprint density at radius 1 is 1.02 bits per heavy atom. The van der Waals surface area contributed by atoms with E-state index in [2.05, 4.69) is 10.6 Å². The number of aliphatic hydroxyl groups is 1. The van der Waals surface area contributed by atoms with Crippen LogP contribution in [-0.2, 0) is 0 Å². The summed E-state index contributed by atoms with van der Waals surface area (Å²) in [6.45, 7) is 9.51. The number of aliphatic hydroxyl groups excluding tert-OH is 1. The molecule has 1 fully saturated rings. The Bertz CT molecular complexity index is 1740. The van der Waals surface area contributed by atoms with Gasteiger partial charge in [-0.05, 0) is 85.8 Å². The van der Waals surface area contributed by atoms with Gasteiger partial charge < -0.3 is 25.5 Å². The van der Waals surface area contributed by atoms with E-state index in [0.717, 1.165) is 36.1 Å². The molecule has 5 rings (SSSR count). The monoisotopic (exact) mass is 666 g/mol. The van der Waals surface area contributed by atoms with Crippen LogP contribution in [0, 0.1) is 34.5 Å². The number of benzene rings is 2. The summed E-state index contributed by atoms with van der Waals surface area (Å²) < 4.78 is 8.07. The van der Waals surface area contributed by atoms with Gasteiger partial charge >= 0.3 is 6.03 Å². The molecule has 2 amide bonds. The van der Waals surface area contributed by atoms with E-state index in [-0.39, 0.29) is 48.1 Å². The van der Waals surface area contributed by atoms with Crippen LogP contribution in [0.2, 0.25) is 0 Å². The maximum absolute atomic E-state index is 13.4. The molecule has 1 aliphatic carbocycles. The maximum Gasteiger partial charge on any atom is 0.320 e. The van der Waals surface area contributed by atoms with Crippen molar-refractivity contribution in [3.8, 4) is 5.75 Å². The zero-order valence-corrected chi connectivity index (χ0v) is 29.1. The number of fused-ring (bicyclic) bond motifs is 1. The molecule has 0 radical (unpaired) electrons. The Labute approximate surface area is 289 Å². The summed E-state index contributed by atoms with van der Waals surface area (Å²) in [5, 5.41) is 41.5. The van der Waals surface area contributed by atoms with Crippen molar-refractivity contribution in [2.75, 3.05) is 19.7 Å². The van der Waals surface area contributed by atoms with E-state index >= 15 is 0 Å². The predicted molar refractivity (Wildman–Crippen MR) is 193 cm³/mol. The lowest BCUT2D eigenvalue weighted by Crippen LogP contribution is -2.45. The summed E-state index contributed by atoms with van der Waals surface area (Å²) in [6.07, 6.45) is 5.65. The lowest BCUT2D eigenvalue weighted by atomic mass is 9.85. The van der Waals surface area contributed by atoms with Gasteiger partial charge in [0.1, 0.15) is 23.2 Å². The van der Waals surface area contributed by atoms with Crippen molar-refractivity contribution in [2.24, 2.45) is 16.3 Å². The molecule has 11 nitrogen and oxygen atoms in total. The third-order valence-electron chi connectivity index (χ3n) is 9.33. The average Bonchev–Trinajstić information content (AvgIpc) is 3.07. The summed E-state index contributed by atoms with van der Waals surface area (Å²) in [7, 11) is 0. The second-order valence-electron chi connectivity index (χ2n) is 14.2. The number of nitrogens with zero attached hydrogens (tertiary/aromatic N) is 3. The van der Waals surface area contributed by atoms with Crippen LogP contribution in [-0.4, -0.2) is 57.8 Å². The number of rotatable bonds is 8. The molecule has 1 aromatic heterocycles. The number of piperidine rings is 1. The number of hydrogen-bond acceptors (Lipinski definition) is 7. The number of ether oxygens (including phenoxy) is 1. The van der Waals surface area contributed by atoms with Crippen LogP contribution in [0.1, 0.15) is 88.1 Å². The molecule has 1 saturated heterocycles. The fraction of sp³-hybridized carbons (Fsp3) is 0.447. The first-order chi connectivity index (χ1) is 23.4. The van der Waals surface area contributed by atoms with Crippen molar-refractivity contribution < 1.29 is 14.6 Å². The highest BCUT2D eigenvalue weighted by atomic mass is 16.5. The number of carbonyl (C=O) groups excluding carboxylic acids is 1. The third kappa shape index (κ3) is 9.23. The Balaban J connectivity index is 1.29. The van der Waals surface area contributed by atoms with E-state index in [9.17, 15) is 9.90 Å². The first kappa shape index (κ1) is 35.5. The standard InChI is InChI=1S/C38H50N8O3/c1-25-11-13-27(14-12-25)42-35(22-33(39)38(2,3)4)44-37(48)43-31-16-17-32(30-10-6-5-9-29(30)31)49-28-15-18-34(40)46(24-28)36(41)45-20-7-8-26(23-45)19-21-47/h5-6,9-15,18,24,26,31-32,39-41,47H,7-8,16-17,19-23H2,1-4H3,(H2,42,43,44,48). The van der Waals surface area contributed by atoms with E-state index in [1.807, 2.05) is 81.1 Å². The van der Waals surface area contributed by atoms with Crippen LogP contribution in [0.5, 0.6) is 5.75 Å². The number of hydrogen-bond donors (Lipinski definition) is 6. The topological polar surface area (TPSA) is 163 Å². The number of aryl methyl sites for hydroxylation is 1. The number of amidine groups is 1. The van der Waals surface area contributed by atoms with Crippen molar-refractivity contribution in [1.29, 1.82) is 16.2 Å². The van der Waals surface area contributed by atoms with Crippen LogP contribution in [0.4, 0.5) is 10.5 Å². The zero-order chi connectivity index (χ0) is 35.1. The lowest BCUT2D eigenvalue weighted by Gasteiger charge is -2.35. The largest absolute Gasteiger partial charge is 0.484 e. The van der Waals surface area contributed by atoms with Crippen LogP contribution < -0.4 is 20.9 Å². The molecule has 11 heteroatoms. The summed E-state index contributed by atoms with van der Waals surface area (Å²) in [5.41, 5.74) is 4.07. The number of likely N-dealkylation sites (tertiary alicyclic amines) is 1. The molecule has 2 aliphatic rings. The quantitative estimate of drug-likeness (QED) is 0.118. The molecular weight excluding hydrogens is 616 g/mol. The molecule has 1 aliphatic heterocycles. The van der Waals surface area contributed by atoms with E-state index in [4.69, 9.17) is 26.0 Å². The summed E-state index contributed by atoms with van der Waals surface area (Å²) >= 11 is 0. The smallest absolute Gasteiger partial charge is 0.320 e. The van der Waals surface area contributed by atoms with Crippen molar-refractivity contribution in [3.05, 3.63) is 89.0 Å². The molecule has 2 aromatic carbocycles.